The Morgan fingerprint density at radius 1 is 0.889 bits per heavy atom. The van der Waals surface area contributed by atoms with E-state index in [4.69, 9.17) is 0 Å². The number of hydrogen-bond acceptors (Lipinski definition) is 3. The summed E-state index contributed by atoms with van der Waals surface area (Å²) in [6.45, 7) is 0. The van der Waals surface area contributed by atoms with E-state index in [1.807, 2.05) is 38.4 Å². The summed E-state index contributed by atoms with van der Waals surface area (Å²) in [7, 11) is 4.03. The number of nitrogens with one attached hydrogen (secondary N) is 1. The highest BCUT2D eigenvalue weighted by molar-refractivity contribution is 5.76. The van der Waals surface area contributed by atoms with Crippen LogP contribution in [0.15, 0.2) is 48.5 Å². The molecule has 0 radical (unpaired) electrons. The summed E-state index contributed by atoms with van der Waals surface area (Å²) < 4.78 is 0. The van der Waals surface area contributed by atoms with Crippen molar-refractivity contribution in [2.45, 2.75) is 0 Å². The Kier molecular flexibility index (Phi) is 3.63. The second-order valence-electron chi connectivity index (χ2n) is 4.31. The van der Waals surface area contributed by atoms with Gasteiger partial charge in [-0.2, -0.15) is 0 Å². The van der Waals surface area contributed by atoms with Crippen LogP contribution in [0.3, 0.4) is 0 Å². The van der Waals surface area contributed by atoms with Crippen LogP contribution in [0.4, 0.5) is 17.1 Å². The zero-order valence-corrected chi connectivity index (χ0v) is 10.6. The number of carbonyl (C=O) groups is 1. The van der Waals surface area contributed by atoms with Gasteiger partial charge in [-0.1, -0.05) is 0 Å². The van der Waals surface area contributed by atoms with Crippen LogP contribution in [-0.2, 0) is 0 Å². The van der Waals surface area contributed by atoms with Gasteiger partial charge in [0.25, 0.3) is 0 Å². The maximum Gasteiger partial charge on any atom is 0.150 e. The monoisotopic (exact) mass is 240 g/mol. The quantitative estimate of drug-likeness (QED) is 0.832. The van der Waals surface area contributed by atoms with Crippen LogP contribution >= 0.6 is 0 Å². The normalized spacial score (nSPS) is 9.89. The minimum Gasteiger partial charge on any atom is -0.378 e. The molecule has 0 saturated heterocycles. The van der Waals surface area contributed by atoms with Gasteiger partial charge in [0.1, 0.15) is 6.29 Å². The van der Waals surface area contributed by atoms with E-state index in [9.17, 15) is 4.79 Å². The van der Waals surface area contributed by atoms with Crippen molar-refractivity contribution in [2.24, 2.45) is 0 Å². The minimum absolute atomic E-state index is 0.684. The molecule has 0 unspecified atom stereocenters. The molecule has 0 saturated carbocycles. The molecule has 2 aromatic carbocycles. The molecular weight excluding hydrogens is 224 g/mol. The molecule has 0 aliphatic carbocycles. The predicted molar refractivity (Wildman–Crippen MR) is 75.9 cm³/mol. The average Bonchev–Trinajstić information content (AvgIpc) is 2.40. The summed E-state index contributed by atoms with van der Waals surface area (Å²) in [5.41, 5.74) is 3.85. The third kappa shape index (κ3) is 2.88. The zero-order valence-electron chi connectivity index (χ0n) is 10.6. The number of hydrogen-bond donors (Lipinski definition) is 1. The summed E-state index contributed by atoms with van der Waals surface area (Å²) >= 11 is 0. The van der Waals surface area contributed by atoms with Crippen molar-refractivity contribution in [2.75, 3.05) is 24.3 Å². The van der Waals surface area contributed by atoms with E-state index in [0.717, 1.165) is 23.3 Å². The number of nitrogens with zero attached hydrogens (tertiary/aromatic N) is 1. The van der Waals surface area contributed by atoms with Crippen LogP contribution in [-0.4, -0.2) is 20.4 Å². The maximum absolute atomic E-state index is 10.6. The van der Waals surface area contributed by atoms with Gasteiger partial charge in [-0.25, -0.2) is 0 Å². The van der Waals surface area contributed by atoms with Crippen LogP contribution in [0.2, 0.25) is 0 Å². The van der Waals surface area contributed by atoms with Gasteiger partial charge in [-0.3, -0.25) is 4.79 Å². The van der Waals surface area contributed by atoms with E-state index in [-0.39, 0.29) is 0 Å². The molecular formula is C15H16N2O. The Balaban J connectivity index is 2.10. The van der Waals surface area contributed by atoms with Gasteiger partial charge in [0, 0.05) is 36.7 Å². The molecule has 0 aliphatic rings. The first kappa shape index (κ1) is 12.2. The van der Waals surface area contributed by atoms with E-state index in [1.165, 1.54) is 0 Å². The van der Waals surface area contributed by atoms with Crippen LogP contribution in [0.5, 0.6) is 0 Å². The molecule has 0 heterocycles. The first-order valence-electron chi connectivity index (χ1n) is 5.79. The van der Waals surface area contributed by atoms with Crippen molar-refractivity contribution in [3.8, 4) is 0 Å². The lowest BCUT2D eigenvalue weighted by molar-refractivity contribution is 0.112. The van der Waals surface area contributed by atoms with Gasteiger partial charge < -0.3 is 10.2 Å². The predicted octanol–water partition coefficient (Wildman–Crippen LogP) is 3.31. The van der Waals surface area contributed by atoms with E-state index in [1.54, 1.807) is 12.1 Å². The van der Waals surface area contributed by atoms with Crippen molar-refractivity contribution >= 4 is 23.3 Å². The van der Waals surface area contributed by atoms with E-state index in [0.29, 0.717) is 5.56 Å². The second-order valence-corrected chi connectivity index (χ2v) is 4.31. The molecule has 0 bridgehead atoms. The van der Waals surface area contributed by atoms with Crippen molar-refractivity contribution in [3.63, 3.8) is 0 Å². The number of carbonyl (C=O) groups excluding carboxylic acids is 1. The molecule has 2 aromatic rings. The fraction of sp³-hybridized carbons (Fsp3) is 0.133. The molecule has 0 fully saturated rings. The lowest BCUT2D eigenvalue weighted by atomic mass is 10.2. The van der Waals surface area contributed by atoms with Gasteiger partial charge in [-0.15, -0.1) is 0 Å². The summed E-state index contributed by atoms with van der Waals surface area (Å²) in [6, 6.07) is 15.6. The lowest BCUT2D eigenvalue weighted by Gasteiger charge is -2.13. The fourth-order valence-corrected chi connectivity index (χ4v) is 1.65. The van der Waals surface area contributed by atoms with Crippen molar-refractivity contribution in [1.82, 2.24) is 0 Å². The summed E-state index contributed by atoms with van der Waals surface area (Å²) in [6.07, 6.45) is 0.843. The highest BCUT2D eigenvalue weighted by Crippen LogP contribution is 2.20. The van der Waals surface area contributed by atoms with Gasteiger partial charge in [0.15, 0.2) is 0 Å². The molecule has 18 heavy (non-hydrogen) atoms. The summed E-state index contributed by atoms with van der Waals surface area (Å²) in [4.78, 5) is 12.6. The Bertz CT molecular complexity index is 515. The largest absolute Gasteiger partial charge is 0.378 e. The highest BCUT2D eigenvalue weighted by Gasteiger charge is 1.97. The third-order valence-electron chi connectivity index (χ3n) is 2.72. The molecule has 0 aromatic heterocycles. The van der Waals surface area contributed by atoms with Crippen molar-refractivity contribution < 1.29 is 4.79 Å². The molecule has 0 amide bonds. The fourth-order valence-electron chi connectivity index (χ4n) is 1.65. The molecule has 3 nitrogen and oxygen atoms in total. The van der Waals surface area contributed by atoms with Gasteiger partial charge in [0.2, 0.25) is 0 Å². The lowest BCUT2D eigenvalue weighted by Crippen LogP contribution is -2.08. The van der Waals surface area contributed by atoms with Crippen molar-refractivity contribution in [3.05, 3.63) is 54.1 Å². The van der Waals surface area contributed by atoms with Crippen molar-refractivity contribution in [1.29, 1.82) is 0 Å². The molecule has 2 rings (SSSR count). The van der Waals surface area contributed by atoms with Crippen LogP contribution in [0, 0.1) is 0 Å². The van der Waals surface area contributed by atoms with Crippen LogP contribution in [0.1, 0.15) is 10.4 Å². The highest BCUT2D eigenvalue weighted by atomic mass is 16.1. The van der Waals surface area contributed by atoms with Gasteiger partial charge in [-0.05, 0) is 48.5 Å². The number of anilines is 3. The van der Waals surface area contributed by atoms with Crippen LogP contribution in [0.25, 0.3) is 0 Å². The molecule has 92 valence electrons. The minimum atomic E-state index is 0.684. The molecule has 0 aliphatic heterocycles. The smallest absolute Gasteiger partial charge is 0.150 e. The Morgan fingerprint density at radius 3 is 1.83 bits per heavy atom. The second kappa shape index (κ2) is 5.36. The van der Waals surface area contributed by atoms with E-state index in [2.05, 4.69) is 22.3 Å². The Morgan fingerprint density at radius 2 is 1.39 bits per heavy atom. The maximum atomic E-state index is 10.6. The van der Waals surface area contributed by atoms with Gasteiger partial charge >= 0.3 is 0 Å². The van der Waals surface area contributed by atoms with Crippen LogP contribution < -0.4 is 10.2 Å². The zero-order chi connectivity index (χ0) is 13.0. The number of rotatable bonds is 4. The molecule has 3 heteroatoms. The summed E-state index contributed by atoms with van der Waals surface area (Å²) in [5.74, 6) is 0. The topological polar surface area (TPSA) is 32.3 Å². The standard InChI is InChI=1S/C15H16N2O/c1-17(2)15-9-7-14(8-10-15)16-13-5-3-12(11-18)4-6-13/h3-11,16H,1-2H3. The molecule has 0 spiro atoms. The molecule has 0 atom stereocenters. The first-order chi connectivity index (χ1) is 8.69. The average molecular weight is 240 g/mol. The summed E-state index contributed by atoms with van der Waals surface area (Å²) in [5, 5.41) is 3.29. The third-order valence-corrected chi connectivity index (χ3v) is 2.72. The van der Waals surface area contributed by atoms with E-state index < -0.39 is 0 Å². The van der Waals surface area contributed by atoms with Gasteiger partial charge in [0.05, 0.1) is 0 Å². The Labute approximate surface area is 107 Å². The number of benzene rings is 2. The molecule has 1 N–H and O–H groups in total. The SMILES string of the molecule is CN(C)c1ccc(Nc2ccc(C=O)cc2)cc1. The first-order valence-corrected chi connectivity index (χ1v) is 5.79. The van der Waals surface area contributed by atoms with E-state index >= 15 is 0 Å². The Hall–Kier alpha value is -2.29. The number of aldehydes is 1.